The first-order valence-electron chi connectivity index (χ1n) is 7.94. The third kappa shape index (κ3) is 2.96. The molecule has 0 saturated heterocycles. The van der Waals surface area contributed by atoms with Crippen LogP contribution in [0.4, 0.5) is 0 Å². The highest BCUT2D eigenvalue weighted by Crippen LogP contribution is 2.54. The molecule has 0 fully saturated rings. The Bertz CT molecular complexity index is 734. The summed E-state index contributed by atoms with van der Waals surface area (Å²) in [6.07, 6.45) is 0. The molecule has 0 aliphatic carbocycles. The first kappa shape index (κ1) is 19.0. The molecule has 0 aromatic carbocycles. The molecule has 2 aromatic heterocycles. The molecule has 2 aromatic rings. The lowest BCUT2D eigenvalue weighted by Gasteiger charge is -2.14. The van der Waals surface area contributed by atoms with Crippen LogP contribution in [0.3, 0.4) is 0 Å². The van der Waals surface area contributed by atoms with E-state index in [2.05, 4.69) is 46.0 Å². The summed E-state index contributed by atoms with van der Waals surface area (Å²) in [6.45, 7) is 12.2. The monoisotopic (exact) mass is 436 g/mol. The fraction of sp³-hybridized carbons (Fsp3) is 0.571. The van der Waals surface area contributed by atoms with Crippen molar-refractivity contribution in [2.75, 3.05) is 0 Å². The first-order valence-corrected chi connectivity index (χ1v) is 13.1. The molecule has 0 N–H and O–H groups in total. The Morgan fingerprint density at radius 2 is 0.750 bits per heavy atom. The molecule has 132 valence electrons. The van der Waals surface area contributed by atoms with E-state index in [4.69, 9.17) is 24.4 Å². The van der Waals surface area contributed by atoms with E-state index in [0.29, 0.717) is 0 Å². The summed E-state index contributed by atoms with van der Waals surface area (Å²) in [7, 11) is 7.23. The van der Waals surface area contributed by atoms with E-state index in [9.17, 15) is 0 Å². The van der Waals surface area contributed by atoms with Crippen LogP contribution in [0.2, 0.25) is 0 Å². The quantitative estimate of drug-likeness (QED) is 0.408. The van der Waals surface area contributed by atoms with E-state index in [1.807, 2.05) is 0 Å². The van der Waals surface area contributed by atoms with Crippen molar-refractivity contribution >= 4 is 67.6 Å². The van der Waals surface area contributed by atoms with Crippen LogP contribution in [0.1, 0.15) is 27.7 Å². The van der Waals surface area contributed by atoms with Gasteiger partial charge in [0.05, 0.1) is 0 Å². The Morgan fingerprint density at radius 3 is 0.917 bits per heavy atom. The summed E-state index contributed by atoms with van der Waals surface area (Å²) < 4.78 is 10.8. The molecular formula is C14H20N4S6. The zero-order valence-corrected chi connectivity index (χ0v) is 19.0. The molecule has 1 aliphatic rings. The van der Waals surface area contributed by atoms with Gasteiger partial charge in [-0.2, -0.15) is 0 Å². The van der Waals surface area contributed by atoms with Gasteiger partial charge in [-0.1, -0.05) is 0 Å². The first-order chi connectivity index (χ1) is 11.6. The van der Waals surface area contributed by atoms with Gasteiger partial charge in [-0.3, -0.25) is 0 Å². The predicted octanol–water partition coefficient (Wildman–Crippen LogP) is 6.34. The van der Waals surface area contributed by atoms with Crippen molar-refractivity contribution in [3.63, 3.8) is 0 Å². The minimum Gasteiger partial charge on any atom is -0.310 e. The highest BCUT2D eigenvalue weighted by molar-refractivity contribution is 8.79. The SMILES string of the molecule is CCn1c2c(n(CC)c1=S)SSc1c(n(CC)c(=S)n1CC)SS2. The zero-order chi connectivity index (χ0) is 17.4. The predicted molar refractivity (Wildman–Crippen MR) is 113 cm³/mol. The second-order valence-corrected chi connectivity index (χ2v) is 10.0. The second-order valence-electron chi connectivity index (χ2n) is 5.10. The molecule has 10 heteroatoms. The van der Waals surface area contributed by atoms with Crippen LogP contribution in [0, 0.1) is 9.54 Å². The van der Waals surface area contributed by atoms with Gasteiger partial charge >= 0.3 is 0 Å². The standard InChI is InChI=1S/C14H20N4S6/c1-5-15-9-10(16(6-2)13(15)19)22-24-12-11(23-21-9)17(7-3)14(20)18(12)8-4/h5-8H2,1-4H3. The van der Waals surface area contributed by atoms with Crippen molar-refractivity contribution in [2.24, 2.45) is 0 Å². The Morgan fingerprint density at radius 1 is 0.542 bits per heavy atom. The van der Waals surface area contributed by atoms with Crippen LogP contribution in [0.25, 0.3) is 0 Å². The molecule has 0 bridgehead atoms. The Kier molecular flexibility index (Phi) is 6.24. The van der Waals surface area contributed by atoms with Crippen molar-refractivity contribution in [3.8, 4) is 0 Å². The smallest absolute Gasteiger partial charge is 0.181 e. The summed E-state index contributed by atoms with van der Waals surface area (Å²) in [5.41, 5.74) is 0. The number of aromatic nitrogens is 4. The van der Waals surface area contributed by atoms with Gasteiger partial charge in [0, 0.05) is 26.2 Å². The van der Waals surface area contributed by atoms with Gasteiger partial charge in [0.25, 0.3) is 0 Å². The fourth-order valence-corrected chi connectivity index (χ4v) is 10.2. The molecule has 0 amide bonds. The van der Waals surface area contributed by atoms with Crippen LogP contribution >= 0.6 is 67.6 Å². The van der Waals surface area contributed by atoms with Crippen LogP contribution < -0.4 is 0 Å². The summed E-state index contributed by atoms with van der Waals surface area (Å²) in [4.78, 5) is 0. The number of rotatable bonds is 4. The maximum Gasteiger partial charge on any atom is 0.181 e. The van der Waals surface area contributed by atoms with Crippen LogP contribution in [-0.2, 0) is 26.2 Å². The lowest BCUT2D eigenvalue weighted by atomic mass is 10.7. The average Bonchev–Trinajstić information content (AvgIpc) is 2.97. The number of hydrogen-bond donors (Lipinski definition) is 0. The largest absolute Gasteiger partial charge is 0.310 e. The van der Waals surface area contributed by atoms with E-state index >= 15 is 0 Å². The van der Waals surface area contributed by atoms with Gasteiger partial charge in [-0.25, -0.2) is 0 Å². The van der Waals surface area contributed by atoms with E-state index in [-0.39, 0.29) is 0 Å². The second kappa shape index (κ2) is 7.87. The molecule has 3 heterocycles. The minimum atomic E-state index is 0.899. The van der Waals surface area contributed by atoms with Gasteiger partial charge in [-0.05, 0) is 95.3 Å². The molecule has 1 aliphatic heterocycles. The van der Waals surface area contributed by atoms with Crippen molar-refractivity contribution in [1.82, 2.24) is 18.3 Å². The lowest BCUT2D eigenvalue weighted by Crippen LogP contribution is -1.99. The van der Waals surface area contributed by atoms with E-state index in [1.165, 1.54) is 20.1 Å². The number of nitrogens with zero attached hydrogens (tertiary/aromatic N) is 4. The maximum atomic E-state index is 5.68. The molecule has 3 rings (SSSR count). The number of fused-ring (bicyclic) bond motifs is 2. The van der Waals surface area contributed by atoms with Gasteiger partial charge < -0.3 is 18.3 Å². The van der Waals surface area contributed by atoms with Gasteiger partial charge in [0.2, 0.25) is 0 Å². The molecular weight excluding hydrogens is 417 g/mol. The normalized spacial score (nSPS) is 14.2. The van der Waals surface area contributed by atoms with Crippen molar-refractivity contribution < 1.29 is 0 Å². The van der Waals surface area contributed by atoms with Crippen molar-refractivity contribution in [1.29, 1.82) is 0 Å². The van der Waals surface area contributed by atoms with Crippen LogP contribution in [0.5, 0.6) is 0 Å². The Balaban J connectivity index is 2.14. The zero-order valence-electron chi connectivity index (χ0n) is 14.1. The summed E-state index contributed by atoms with van der Waals surface area (Å²) in [5.74, 6) is 0. The minimum absolute atomic E-state index is 0.899. The van der Waals surface area contributed by atoms with Crippen molar-refractivity contribution in [2.45, 2.75) is 74.0 Å². The number of imidazole rings is 2. The van der Waals surface area contributed by atoms with E-state index in [0.717, 1.165) is 35.7 Å². The Labute approximate surface area is 168 Å². The fourth-order valence-electron chi connectivity index (χ4n) is 2.70. The topological polar surface area (TPSA) is 19.7 Å². The highest BCUT2D eigenvalue weighted by Gasteiger charge is 2.26. The highest BCUT2D eigenvalue weighted by atomic mass is 33.1. The molecule has 0 spiro atoms. The molecule has 24 heavy (non-hydrogen) atoms. The van der Waals surface area contributed by atoms with Gasteiger partial charge in [-0.15, -0.1) is 0 Å². The van der Waals surface area contributed by atoms with Crippen LogP contribution in [-0.4, -0.2) is 18.3 Å². The summed E-state index contributed by atoms with van der Waals surface area (Å²) in [5, 5.41) is 5.04. The third-order valence-electron chi connectivity index (χ3n) is 3.93. The van der Waals surface area contributed by atoms with Crippen molar-refractivity contribution in [3.05, 3.63) is 9.54 Å². The van der Waals surface area contributed by atoms with Crippen LogP contribution in [0.15, 0.2) is 20.1 Å². The van der Waals surface area contributed by atoms with Gasteiger partial charge in [0.15, 0.2) is 9.54 Å². The van der Waals surface area contributed by atoms with Gasteiger partial charge in [0.1, 0.15) is 20.1 Å². The number of hydrogen-bond acceptors (Lipinski definition) is 6. The average molecular weight is 437 g/mol. The summed E-state index contributed by atoms with van der Waals surface area (Å²) in [6, 6.07) is 0. The molecule has 0 radical (unpaired) electrons. The molecule has 0 unspecified atom stereocenters. The Hall–Kier alpha value is 0.260. The lowest BCUT2D eigenvalue weighted by molar-refractivity contribution is 0.653. The molecule has 0 saturated carbocycles. The van der Waals surface area contributed by atoms with E-state index < -0.39 is 0 Å². The molecule has 4 nitrogen and oxygen atoms in total. The summed E-state index contributed by atoms with van der Waals surface area (Å²) >= 11 is 11.4. The molecule has 0 atom stereocenters. The third-order valence-corrected chi connectivity index (χ3v) is 9.92. The maximum absolute atomic E-state index is 5.68. The van der Waals surface area contributed by atoms with E-state index in [1.54, 1.807) is 43.2 Å².